The van der Waals surface area contributed by atoms with E-state index in [0.29, 0.717) is 18.7 Å². The zero-order valence-electron chi connectivity index (χ0n) is 24.5. The zero-order chi connectivity index (χ0) is 28.9. The van der Waals surface area contributed by atoms with Crippen LogP contribution < -0.4 is 14.7 Å². The van der Waals surface area contributed by atoms with Crippen LogP contribution in [0.15, 0.2) is 22.9 Å². The Bertz CT molecular complexity index is 1370. The zero-order valence-corrected chi connectivity index (χ0v) is 26.3. The maximum atomic E-state index is 13.6. The highest BCUT2D eigenvalue weighted by Gasteiger charge is 2.42. The van der Waals surface area contributed by atoms with Crippen molar-refractivity contribution in [1.82, 2.24) is 9.78 Å². The highest BCUT2D eigenvalue weighted by molar-refractivity contribution is 7.91. The van der Waals surface area contributed by atoms with Crippen LogP contribution in [0.5, 0.6) is 0 Å². The van der Waals surface area contributed by atoms with Gasteiger partial charge >= 0.3 is 10.2 Å². The fourth-order valence-corrected chi connectivity index (χ4v) is 8.20. The molecule has 0 radical (unpaired) electrons. The monoisotopic (exact) mass is 588 g/mol. The van der Waals surface area contributed by atoms with E-state index in [2.05, 4.69) is 54.7 Å². The second-order valence-electron chi connectivity index (χ2n) is 12.8. The third-order valence-corrected chi connectivity index (χ3v) is 14.7. The van der Waals surface area contributed by atoms with E-state index in [9.17, 15) is 13.5 Å². The number of rotatable bonds is 8. The van der Waals surface area contributed by atoms with Gasteiger partial charge in [0.25, 0.3) is 0 Å². The van der Waals surface area contributed by atoms with Crippen molar-refractivity contribution in [3.63, 3.8) is 0 Å². The van der Waals surface area contributed by atoms with Crippen LogP contribution in [0.4, 0.5) is 11.4 Å². The van der Waals surface area contributed by atoms with Gasteiger partial charge in [-0.25, -0.2) is 4.31 Å². The lowest BCUT2D eigenvalue weighted by Gasteiger charge is -2.38. The lowest BCUT2D eigenvalue weighted by Crippen LogP contribution is -2.44. The van der Waals surface area contributed by atoms with E-state index in [0.717, 1.165) is 59.6 Å². The Kier molecular flexibility index (Phi) is 7.83. The standard InChI is InChI=1S/C28H43N5O5SSi/c1-28(2,3)40(5,6)38-23-14-22(37-18-23)17-33(21-15-29-32(4)16-21)39(35,36)31-27(34)30-26-24-11-7-9-19(24)13-20-10-8-12-25(20)26/h13,15-16,22-23H,7-12,14,17-18H2,1-6H3,(H2,30,31,34)/p-1/t22?,23-/m0/s1. The second-order valence-corrected chi connectivity index (χ2v) is 19.1. The van der Waals surface area contributed by atoms with Crippen molar-refractivity contribution < 1.29 is 22.7 Å². The molecular weight excluding hydrogens is 546 g/mol. The molecule has 5 rings (SSSR count). The van der Waals surface area contributed by atoms with E-state index >= 15 is 0 Å². The molecule has 2 atom stereocenters. The number of aromatic nitrogens is 2. The molecule has 220 valence electrons. The van der Waals surface area contributed by atoms with Crippen LogP contribution in [-0.2, 0) is 52.1 Å². The average Bonchev–Trinajstić information content (AvgIpc) is 3.63. The van der Waals surface area contributed by atoms with Gasteiger partial charge in [-0.15, -0.1) is 4.40 Å². The van der Waals surface area contributed by atoms with E-state index in [-0.39, 0.29) is 17.7 Å². The quantitative estimate of drug-likeness (QED) is 0.285. The first kappa shape index (κ1) is 29.1. The third kappa shape index (κ3) is 5.95. The van der Waals surface area contributed by atoms with E-state index in [4.69, 9.17) is 9.16 Å². The summed E-state index contributed by atoms with van der Waals surface area (Å²) in [6, 6.07) is 1.39. The molecule has 1 aromatic carbocycles. The van der Waals surface area contributed by atoms with Crippen LogP contribution >= 0.6 is 0 Å². The minimum atomic E-state index is -4.39. The Balaban J connectivity index is 1.36. The van der Waals surface area contributed by atoms with Gasteiger partial charge in [0.2, 0.25) is 0 Å². The SMILES string of the molecule is Cn1cc(N(CC2C[C@H](O[Si](C)(C)C(C)(C)C)CO2)S(=O)(=O)/N=C(\[O-])Nc2c3c(cc4c2CCC4)CCC3)cn1. The summed E-state index contributed by atoms with van der Waals surface area (Å²) in [7, 11) is -4.69. The maximum Gasteiger partial charge on any atom is 0.345 e. The molecule has 2 aromatic rings. The normalized spacial score (nSPS) is 21.5. The Hall–Kier alpha value is -2.41. The smallest absolute Gasteiger partial charge is 0.345 e. The Labute approximate surface area is 239 Å². The van der Waals surface area contributed by atoms with Crippen LogP contribution in [0.2, 0.25) is 18.1 Å². The first-order valence-corrected chi connectivity index (χ1v) is 18.6. The number of amidine groups is 1. The fraction of sp³-hybridized carbons (Fsp3) is 0.643. The van der Waals surface area contributed by atoms with Gasteiger partial charge in [0.1, 0.15) is 0 Å². The average molecular weight is 589 g/mol. The summed E-state index contributed by atoms with van der Waals surface area (Å²) in [5.41, 5.74) is 5.85. The Morgan fingerprint density at radius 2 is 1.88 bits per heavy atom. The molecule has 3 aliphatic rings. The number of hydrogen-bond donors (Lipinski definition) is 1. The van der Waals surface area contributed by atoms with Gasteiger partial charge in [-0.3, -0.25) is 4.68 Å². The first-order valence-electron chi connectivity index (χ1n) is 14.2. The van der Waals surface area contributed by atoms with Crippen LogP contribution in [0.3, 0.4) is 0 Å². The number of benzene rings is 1. The van der Waals surface area contributed by atoms with Crippen molar-refractivity contribution in [2.45, 2.75) is 96.1 Å². The minimum absolute atomic E-state index is 0.0122. The minimum Gasteiger partial charge on any atom is -0.845 e. The van der Waals surface area contributed by atoms with Crippen molar-refractivity contribution in [2.24, 2.45) is 11.4 Å². The van der Waals surface area contributed by atoms with Crippen LogP contribution in [-0.4, -0.2) is 57.9 Å². The highest BCUT2D eigenvalue weighted by Crippen LogP contribution is 2.40. The predicted octanol–water partition coefficient (Wildman–Crippen LogP) is 3.46. The molecule has 1 fully saturated rings. The lowest BCUT2D eigenvalue weighted by molar-refractivity contribution is -0.213. The fourth-order valence-electron chi connectivity index (χ4n) is 5.78. The van der Waals surface area contributed by atoms with Gasteiger partial charge in [0, 0.05) is 25.4 Å². The summed E-state index contributed by atoms with van der Waals surface area (Å²) < 4.78 is 46.1. The largest absolute Gasteiger partial charge is 0.845 e. The molecule has 12 heteroatoms. The highest BCUT2D eigenvalue weighted by atomic mass is 32.2. The number of fused-ring (bicyclic) bond motifs is 2. The van der Waals surface area contributed by atoms with Crippen molar-refractivity contribution in [3.05, 3.63) is 40.7 Å². The molecule has 2 aliphatic carbocycles. The molecule has 1 saturated heterocycles. The summed E-state index contributed by atoms with van der Waals surface area (Å²) in [4.78, 5) is 0. The predicted molar refractivity (Wildman–Crippen MR) is 157 cm³/mol. The van der Waals surface area contributed by atoms with Crippen molar-refractivity contribution in [3.8, 4) is 0 Å². The first-order chi connectivity index (χ1) is 18.7. The summed E-state index contributed by atoms with van der Waals surface area (Å²) >= 11 is 0. The Morgan fingerprint density at radius 1 is 1.23 bits per heavy atom. The number of ether oxygens (including phenoxy) is 1. The second kappa shape index (κ2) is 10.8. The number of nitrogens with zero attached hydrogens (tertiary/aromatic N) is 4. The van der Waals surface area contributed by atoms with Gasteiger partial charge in [-0.05, 0) is 78.9 Å². The molecule has 1 N–H and O–H groups in total. The van der Waals surface area contributed by atoms with E-state index < -0.39 is 30.7 Å². The summed E-state index contributed by atoms with van der Waals surface area (Å²) in [6.45, 7) is 11.4. The molecule has 10 nitrogen and oxygen atoms in total. The topological polar surface area (TPSA) is 121 Å². The molecular formula is C28H42N5O5SSi-. The number of hydrogen-bond acceptors (Lipinski definition) is 6. The summed E-state index contributed by atoms with van der Waals surface area (Å²) in [6.07, 6.45) is 8.91. The van der Waals surface area contributed by atoms with Crippen molar-refractivity contribution in [1.29, 1.82) is 0 Å². The molecule has 1 aromatic heterocycles. The number of aryl methyl sites for hydroxylation is 3. The van der Waals surface area contributed by atoms with Crippen LogP contribution in [0, 0.1) is 0 Å². The van der Waals surface area contributed by atoms with Gasteiger partial charge < -0.3 is 19.6 Å². The third-order valence-electron chi connectivity index (χ3n) is 8.84. The van der Waals surface area contributed by atoms with Crippen molar-refractivity contribution in [2.75, 3.05) is 22.8 Å². The molecule has 0 amide bonds. The van der Waals surface area contributed by atoms with Crippen LogP contribution in [0.1, 0.15) is 62.3 Å². The van der Waals surface area contributed by atoms with Crippen LogP contribution in [0.25, 0.3) is 0 Å². The van der Waals surface area contributed by atoms with E-state index in [1.165, 1.54) is 22.0 Å². The Morgan fingerprint density at radius 3 is 2.45 bits per heavy atom. The molecule has 0 bridgehead atoms. The van der Waals surface area contributed by atoms with Gasteiger partial charge in [-0.1, -0.05) is 26.8 Å². The molecule has 1 aliphatic heterocycles. The van der Waals surface area contributed by atoms with Gasteiger partial charge in [0.05, 0.1) is 43.3 Å². The van der Waals surface area contributed by atoms with Crippen molar-refractivity contribution >= 4 is 35.9 Å². The number of nitrogens with one attached hydrogen (secondary N) is 1. The molecule has 1 unspecified atom stereocenters. The molecule has 2 heterocycles. The van der Waals surface area contributed by atoms with E-state index in [1.807, 2.05) is 0 Å². The molecule has 40 heavy (non-hydrogen) atoms. The lowest BCUT2D eigenvalue weighted by atomic mass is 9.99. The van der Waals surface area contributed by atoms with Gasteiger partial charge in [-0.2, -0.15) is 13.5 Å². The number of anilines is 2. The molecule has 0 saturated carbocycles. The van der Waals surface area contributed by atoms with E-state index in [1.54, 1.807) is 13.2 Å². The summed E-state index contributed by atoms with van der Waals surface area (Å²) in [5.74, 6) is 0. The summed E-state index contributed by atoms with van der Waals surface area (Å²) in [5, 5.41) is 20.2. The van der Waals surface area contributed by atoms with Gasteiger partial charge in [0.15, 0.2) is 8.32 Å². The maximum absolute atomic E-state index is 13.6. The molecule has 0 spiro atoms.